The maximum atomic E-state index is 10.3. The number of rotatable bonds is 6. The van der Waals surface area contributed by atoms with Crippen molar-refractivity contribution in [2.75, 3.05) is 7.11 Å². The van der Waals surface area contributed by atoms with Crippen LogP contribution in [0.5, 0.6) is 11.5 Å². The van der Waals surface area contributed by atoms with E-state index in [0.29, 0.717) is 23.5 Å². The number of methoxy groups -OCH3 is 1. The zero-order chi connectivity index (χ0) is 20.6. The van der Waals surface area contributed by atoms with Crippen LogP contribution >= 0.6 is 0 Å². The average Bonchev–Trinajstić information content (AvgIpc) is 3.34. The standard InChI is InChI=1S/C21H27N5O3/c1-21(2,27)20-24-17-18(22)23-12-26(19(17)25-20)11-13-8-9-15(28-3)16(10-13)29-14-6-4-5-7-14/h8-10,12,14,22,27H,4-7,11H2,1-3H3,(H,24,25). The largest absolute Gasteiger partial charge is 0.493 e. The fourth-order valence-corrected chi connectivity index (χ4v) is 3.68. The van der Waals surface area contributed by atoms with Gasteiger partial charge in [-0.2, -0.15) is 0 Å². The number of nitrogens with zero attached hydrogens (tertiary/aromatic N) is 3. The van der Waals surface area contributed by atoms with Gasteiger partial charge in [-0.15, -0.1) is 0 Å². The Hall–Kier alpha value is -2.87. The quantitative estimate of drug-likeness (QED) is 0.593. The number of imidazole rings is 1. The molecule has 3 aromatic rings. The molecular formula is C21H27N5O3. The van der Waals surface area contributed by atoms with Crippen LogP contribution in [-0.4, -0.2) is 37.8 Å². The van der Waals surface area contributed by atoms with Gasteiger partial charge in [-0.1, -0.05) is 6.07 Å². The minimum atomic E-state index is -1.13. The molecule has 0 spiro atoms. The zero-order valence-electron chi connectivity index (χ0n) is 17.0. The summed E-state index contributed by atoms with van der Waals surface area (Å²) in [6.45, 7) is 3.81. The molecule has 2 heterocycles. The highest BCUT2D eigenvalue weighted by molar-refractivity contribution is 5.69. The first-order chi connectivity index (χ1) is 13.8. The van der Waals surface area contributed by atoms with E-state index >= 15 is 0 Å². The van der Waals surface area contributed by atoms with Crippen molar-refractivity contribution >= 4 is 11.2 Å². The van der Waals surface area contributed by atoms with Gasteiger partial charge in [0.1, 0.15) is 16.9 Å². The lowest BCUT2D eigenvalue weighted by atomic mass is 10.1. The molecule has 2 aromatic heterocycles. The number of benzene rings is 1. The smallest absolute Gasteiger partial charge is 0.173 e. The molecule has 1 aromatic carbocycles. The molecule has 3 N–H and O–H groups in total. The van der Waals surface area contributed by atoms with Crippen LogP contribution in [0, 0.1) is 5.41 Å². The van der Waals surface area contributed by atoms with Crippen LogP contribution in [-0.2, 0) is 12.1 Å². The van der Waals surface area contributed by atoms with Crippen molar-refractivity contribution in [3.63, 3.8) is 0 Å². The normalized spacial score (nSPS) is 15.2. The molecule has 0 saturated heterocycles. The fourth-order valence-electron chi connectivity index (χ4n) is 3.68. The number of H-pyrrole nitrogens is 1. The highest BCUT2D eigenvalue weighted by atomic mass is 16.5. The van der Waals surface area contributed by atoms with E-state index in [9.17, 15) is 5.11 Å². The molecule has 8 heteroatoms. The molecule has 0 radical (unpaired) electrons. The molecule has 0 amide bonds. The Bertz CT molecular complexity index is 1070. The van der Waals surface area contributed by atoms with Crippen LogP contribution in [0.15, 0.2) is 24.5 Å². The van der Waals surface area contributed by atoms with E-state index in [0.717, 1.165) is 29.9 Å². The van der Waals surface area contributed by atoms with E-state index < -0.39 is 5.60 Å². The maximum absolute atomic E-state index is 10.3. The molecule has 29 heavy (non-hydrogen) atoms. The summed E-state index contributed by atoms with van der Waals surface area (Å²) in [5.41, 5.74) is 1.06. The van der Waals surface area contributed by atoms with E-state index in [2.05, 4.69) is 15.0 Å². The molecule has 1 fully saturated rings. The van der Waals surface area contributed by atoms with Gasteiger partial charge in [0.25, 0.3) is 0 Å². The molecule has 1 saturated carbocycles. The third kappa shape index (κ3) is 3.98. The minimum absolute atomic E-state index is 0.0965. The second-order valence-corrected chi connectivity index (χ2v) is 8.07. The van der Waals surface area contributed by atoms with Gasteiger partial charge in [0.15, 0.2) is 22.6 Å². The van der Waals surface area contributed by atoms with Crippen LogP contribution in [0.1, 0.15) is 50.9 Å². The summed E-state index contributed by atoms with van der Waals surface area (Å²) in [4.78, 5) is 11.7. The van der Waals surface area contributed by atoms with Gasteiger partial charge in [-0.3, -0.25) is 5.41 Å². The van der Waals surface area contributed by atoms with Crippen molar-refractivity contribution in [1.82, 2.24) is 19.5 Å². The Morgan fingerprint density at radius 3 is 2.72 bits per heavy atom. The van der Waals surface area contributed by atoms with E-state index in [1.54, 1.807) is 27.3 Å². The topological polar surface area (TPSA) is 109 Å². The van der Waals surface area contributed by atoms with Crippen LogP contribution in [0.25, 0.3) is 11.2 Å². The van der Waals surface area contributed by atoms with Crippen molar-refractivity contribution in [1.29, 1.82) is 5.41 Å². The van der Waals surface area contributed by atoms with Crippen molar-refractivity contribution in [3.05, 3.63) is 41.4 Å². The van der Waals surface area contributed by atoms with Gasteiger partial charge in [0, 0.05) is 0 Å². The number of ether oxygens (including phenoxy) is 2. The summed E-state index contributed by atoms with van der Waals surface area (Å²) in [5, 5.41) is 18.3. The summed E-state index contributed by atoms with van der Waals surface area (Å²) in [6.07, 6.45) is 6.39. The molecule has 0 aliphatic heterocycles. The van der Waals surface area contributed by atoms with Gasteiger partial charge in [-0.25, -0.2) is 9.97 Å². The number of aromatic amines is 1. The van der Waals surface area contributed by atoms with Gasteiger partial charge < -0.3 is 24.1 Å². The second-order valence-electron chi connectivity index (χ2n) is 8.07. The first kappa shape index (κ1) is 19.4. The van der Waals surface area contributed by atoms with Crippen molar-refractivity contribution in [2.45, 2.75) is 57.8 Å². The number of nitrogens with one attached hydrogen (secondary N) is 2. The van der Waals surface area contributed by atoms with Crippen LogP contribution < -0.4 is 15.0 Å². The van der Waals surface area contributed by atoms with Gasteiger partial charge in [0.2, 0.25) is 0 Å². The third-order valence-electron chi connectivity index (χ3n) is 5.28. The Morgan fingerprint density at radius 1 is 1.28 bits per heavy atom. The third-order valence-corrected chi connectivity index (χ3v) is 5.28. The summed E-state index contributed by atoms with van der Waals surface area (Å²) in [5.74, 6) is 1.88. The van der Waals surface area contributed by atoms with Gasteiger partial charge in [0.05, 0.1) is 26.1 Å². The molecular weight excluding hydrogens is 370 g/mol. The first-order valence-corrected chi connectivity index (χ1v) is 9.91. The molecule has 0 bridgehead atoms. The molecule has 8 nitrogen and oxygen atoms in total. The first-order valence-electron chi connectivity index (χ1n) is 9.91. The van der Waals surface area contributed by atoms with Crippen LogP contribution in [0.4, 0.5) is 0 Å². The lowest BCUT2D eigenvalue weighted by Crippen LogP contribution is -2.17. The van der Waals surface area contributed by atoms with Crippen molar-refractivity contribution in [2.24, 2.45) is 0 Å². The number of hydrogen-bond acceptors (Lipinski definition) is 6. The van der Waals surface area contributed by atoms with Gasteiger partial charge in [-0.05, 0) is 57.2 Å². The second kappa shape index (κ2) is 7.51. The summed E-state index contributed by atoms with van der Waals surface area (Å²) in [6, 6.07) is 5.89. The lowest BCUT2D eigenvalue weighted by Gasteiger charge is -2.17. The van der Waals surface area contributed by atoms with Crippen LogP contribution in [0.3, 0.4) is 0 Å². The molecule has 4 rings (SSSR count). The number of aromatic nitrogens is 4. The fraction of sp³-hybridized carbons (Fsp3) is 0.476. The Labute approximate surface area is 169 Å². The summed E-state index contributed by atoms with van der Waals surface area (Å²) < 4.78 is 13.5. The predicted molar refractivity (Wildman–Crippen MR) is 108 cm³/mol. The van der Waals surface area contributed by atoms with Gasteiger partial charge >= 0.3 is 0 Å². The monoisotopic (exact) mass is 397 g/mol. The van der Waals surface area contributed by atoms with Crippen LogP contribution in [0.2, 0.25) is 0 Å². The Morgan fingerprint density at radius 2 is 2.03 bits per heavy atom. The zero-order valence-corrected chi connectivity index (χ0v) is 17.0. The van der Waals surface area contributed by atoms with E-state index in [1.165, 1.54) is 12.8 Å². The summed E-state index contributed by atoms with van der Waals surface area (Å²) >= 11 is 0. The molecule has 0 unspecified atom stereocenters. The predicted octanol–water partition coefficient (Wildman–Crippen LogP) is 2.84. The highest BCUT2D eigenvalue weighted by Crippen LogP contribution is 2.32. The lowest BCUT2D eigenvalue weighted by molar-refractivity contribution is 0.0699. The SMILES string of the molecule is COc1ccc(Cn2cnc(=N)c3[nH]c(C(C)(C)O)nc32)cc1OC1CCCC1. The number of fused-ring (bicyclic) bond motifs is 1. The number of hydrogen-bond donors (Lipinski definition) is 3. The Kier molecular flexibility index (Phi) is 5.04. The van der Waals surface area contributed by atoms with Crippen molar-refractivity contribution in [3.8, 4) is 11.5 Å². The van der Waals surface area contributed by atoms with Crippen molar-refractivity contribution < 1.29 is 14.6 Å². The molecule has 0 atom stereocenters. The average molecular weight is 397 g/mol. The molecule has 1 aliphatic rings. The summed E-state index contributed by atoms with van der Waals surface area (Å²) in [7, 11) is 1.65. The minimum Gasteiger partial charge on any atom is -0.493 e. The molecule has 1 aliphatic carbocycles. The van der Waals surface area contributed by atoms with E-state index in [-0.39, 0.29) is 11.6 Å². The molecule has 154 valence electrons. The number of aliphatic hydroxyl groups is 1. The highest BCUT2D eigenvalue weighted by Gasteiger charge is 2.22. The van der Waals surface area contributed by atoms with E-state index in [1.807, 2.05) is 22.8 Å². The Balaban J connectivity index is 1.68. The van der Waals surface area contributed by atoms with E-state index in [4.69, 9.17) is 14.9 Å². The maximum Gasteiger partial charge on any atom is 0.173 e.